The molecule has 0 aliphatic rings. The molecule has 10 nitrogen and oxygen atoms in total. The fourth-order valence-corrected chi connectivity index (χ4v) is 4.35. The van der Waals surface area contributed by atoms with Crippen molar-refractivity contribution in [2.75, 3.05) is 11.1 Å². The van der Waals surface area contributed by atoms with E-state index in [0.29, 0.717) is 16.7 Å². The number of amides is 2. The molecule has 1 aromatic heterocycles. The standard InChI is InChI=1S/C26H23FN6O4S/c1-16-4-3-5-22(17(16)2)32-23(14-28-25(35)18-6-12-21(13-7-18)33(36)37)30-31-26(32)38-15-24(34)29-20-10-8-19(27)9-11-20/h3-13H,14-15H2,1-2H3,(H,28,35)(H,29,34). The first kappa shape index (κ1) is 26.5. The molecule has 1 heterocycles. The number of nitro groups is 1. The van der Waals surface area contributed by atoms with E-state index in [1.54, 1.807) is 4.57 Å². The lowest BCUT2D eigenvalue weighted by Gasteiger charge is -2.15. The lowest BCUT2D eigenvalue weighted by molar-refractivity contribution is -0.384. The lowest BCUT2D eigenvalue weighted by atomic mass is 10.1. The van der Waals surface area contributed by atoms with Crippen LogP contribution in [0.5, 0.6) is 0 Å². The molecule has 194 valence electrons. The van der Waals surface area contributed by atoms with Gasteiger partial charge in [0.1, 0.15) is 5.82 Å². The number of benzene rings is 3. The van der Waals surface area contributed by atoms with E-state index in [1.165, 1.54) is 60.3 Å². The number of carbonyl (C=O) groups excluding carboxylic acids is 2. The first-order chi connectivity index (χ1) is 18.2. The molecule has 0 unspecified atom stereocenters. The molecule has 2 amide bonds. The van der Waals surface area contributed by atoms with Gasteiger partial charge in [0, 0.05) is 23.4 Å². The largest absolute Gasteiger partial charge is 0.345 e. The van der Waals surface area contributed by atoms with Crippen LogP contribution in [0.2, 0.25) is 0 Å². The first-order valence-electron chi connectivity index (χ1n) is 11.4. The third kappa shape index (κ3) is 6.21. The summed E-state index contributed by atoms with van der Waals surface area (Å²) in [7, 11) is 0. The van der Waals surface area contributed by atoms with Gasteiger partial charge in [-0.25, -0.2) is 4.39 Å². The number of nitro benzene ring substituents is 1. The molecule has 12 heteroatoms. The third-order valence-corrected chi connectivity index (χ3v) is 6.65. The zero-order valence-electron chi connectivity index (χ0n) is 20.5. The monoisotopic (exact) mass is 534 g/mol. The first-order valence-corrected chi connectivity index (χ1v) is 12.4. The van der Waals surface area contributed by atoms with Crippen molar-refractivity contribution in [1.82, 2.24) is 20.1 Å². The Morgan fingerprint density at radius 1 is 1.03 bits per heavy atom. The van der Waals surface area contributed by atoms with Crippen LogP contribution in [0.4, 0.5) is 15.8 Å². The van der Waals surface area contributed by atoms with E-state index >= 15 is 0 Å². The zero-order valence-corrected chi connectivity index (χ0v) is 21.3. The van der Waals surface area contributed by atoms with Gasteiger partial charge >= 0.3 is 0 Å². The van der Waals surface area contributed by atoms with Gasteiger partial charge in [-0.15, -0.1) is 10.2 Å². The summed E-state index contributed by atoms with van der Waals surface area (Å²) in [5.41, 5.74) is 3.45. The molecule has 4 aromatic rings. The van der Waals surface area contributed by atoms with Crippen LogP contribution in [0.15, 0.2) is 71.9 Å². The van der Waals surface area contributed by atoms with Crippen LogP contribution < -0.4 is 10.6 Å². The summed E-state index contributed by atoms with van der Waals surface area (Å²) in [6, 6.07) is 16.5. The summed E-state index contributed by atoms with van der Waals surface area (Å²) in [6.07, 6.45) is 0. The SMILES string of the molecule is Cc1cccc(-n2c(CNC(=O)c3ccc([N+](=O)[O-])cc3)nnc2SCC(=O)Nc2ccc(F)cc2)c1C. The minimum absolute atomic E-state index is 0.0233. The number of aryl methyl sites for hydroxylation is 1. The van der Waals surface area contributed by atoms with E-state index in [2.05, 4.69) is 20.8 Å². The second-order valence-corrected chi connectivity index (χ2v) is 9.23. The quantitative estimate of drug-likeness (QED) is 0.182. The molecule has 0 saturated heterocycles. The smallest absolute Gasteiger partial charge is 0.269 e. The van der Waals surface area contributed by atoms with Crippen molar-refractivity contribution >= 4 is 35.0 Å². The van der Waals surface area contributed by atoms with Crippen molar-refractivity contribution in [3.63, 3.8) is 0 Å². The topological polar surface area (TPSA) is 132 Å². The normalized spacial score (nSPS) is 10.7. The van der Waals surface area contributed by atoms with Crippen molar-refractivity contribution < 1.29 is 18.9 Å². The predicted octanol–water partition coefficient (Wildman–Crippen LogP) is 4.59. The fraction of sp³-hybridized carbons (Fsp3) is 0.154. The summed E-state index contributed by atoms with van der Waals surface area (Å²) in [5, 5.41) is 25.3. The molecule has 4 rings (SSSR count). The number of halogens is 1. The van der Waals surface area contributed by atoms with Gasteiger partial charge in [0.25, 0.3) is 11.6 Å². The predicted molar refractivity (Wildman–Crippen MR) is 141 cm³/mol. The van der Waals surface area contributed by atoms with Crippen LogP contribution in [0.25, 0.3) is 5.69 Å². The zero-order chi connectivity index (χ0) is 27.2. The Labute approximate surface area is 221 Å². The van der Waals surface area contributed by atoms with Crippen LogP contribution >= 0.6 is 11.8 Å². The summed E-state index contributed by atoms with van der Waals surface area (Å²) in [5.74, 6) is -0.661. The number of thioether (sulfide) groups is 1. The molecule has 0 atom stereocenters. The second kappa shape index (κ2) is 11.6. The van der Waals surface area contributed by atoms with Gasteiger partial charge < -0.3 is 10.6 Å². The number of aromatic nitrogens is 3. The Bertz CT molecular complexity index is 1490. The van der Waals surface area contributed by atoms with Crippen molar-refractivity contribution in [1.29, 1.82) is 0 Å². The highest BCUT2D eigenvalue weighted by atomic mass is 32.2. The Hall–Kier alpha value is -4.58. The minimum Gasteiger partial charge on any atom is -0.345 e. The van der Waals surface area contributed by atoms with Crippen LogP contribution in [-0.2, 0) is 11.3 Å². The molecular formula is C26H23FN6O4S. The minimum atomic E-state index is -0.534. The highest BCUT2D eigenvalue weighted by molar-refractivity contribution is 7.99. The third-order valence-electron chi connectivity index (χ3n) is 5.73. The molecule has 38 heavy (non-hydrogen) atoms. The number of nitrogens with zero attached hydrogens (tertiary/aromatic N) is 4. The van der Waals surface area contributed by atoms with E-state index < -0.39 is 16.6 Å². The summed E-state index contributed by atoms with van der Waals surface area (Å²) in [6.45, 7) is 3.96. The summed E-state index contributed by atoms with van der Waals surface area (Å²) >= 11 is 1.17. The van der Waals surface area contributed by atoms with Crippen molar-refractivity contribution in [3.05, 3.63) is 105 Å². The lowest BCUT2D eigenvalue weighted by Crippen LogP contribution is -2.24. The maximum atomic E-state index is 13.1. The van der Waals surface area contributed by atoms with Gasteiger partial charge in [-0.3, -0.25) is 24.3 Å². The number of anilines is 1. The average molecular weight is 535 g/mol. The molecule has 0 saturated carbocycles. The van der Waals surface area contributed by atoms with Gasteiger partial charge in [-0.1, -0.05) is 23.9 Å². The summed E-state index contributed by atoms with van der Waals surface area (Å²) in [4.78, 5) is 35.5. The van der Waals surface area contributed by atoms with Gasteiger partial charge in [-0.2, -0.15) is 0 Å². The number of carbonyl (C=O) groups is 2. The van der Waals surface area contributed by atoms with Crippen LogP contribution in [-0.4, -0.2) is 37.3 Å². The molecule has 0 aliphatic carbocycles. The van der Waals surface area contributed by atoms with E-state index in [4.69, 9.17) is 0 Å². The van der Waals surface area contributed by atoms with E-state index in [-0.39, 0.29) is 29.5 Å². The van der Waals surface area contributed by atoms with Gasteiger partial charge in [-0.05, 0) is 67.4 Å². The Morgan fingerprint density at radius 2 is 1.74 bits per heavy atom. The van der Waals surface area contributed by atoms with Crippen molar-refractivity contribution in [3.8, 4) is 5.69 Å². The average Bonchev–Trinajstić information content (AvgIpc) is 3.31. The van der Waals surface area contributed by atoms with E-state index in [9.17, 15) is 24.1 Å². The maximum absolute atomic E-state index is 13.1. The van der Waals surface area contributed by atoms with Crippen LogP contribution in [0.1, 0.15) is 27.3 Å². The van der Waals surface area contributed by atoms with Crippen LogP contribution in [0, 0.1) is 29.8 Å². The molecule has 3 aromatic carbocycles. The van der Waals surface area contributed by atoms with Crippen molar-refractivity contribution in [2.45, 2.75) is 25.5 Å². The molecule has 2 N–H and O–H groups in total. The highest BCUT2D eigenvalue weighted by Crippen LogP contribution is 2.26. The number of nitrogens with one attached hydrogen (secondary N) is 2. The molecule has 0 radical (unpaired) electrons. The molecule has 0 bridgehead atoms. The number of non-ortho nitro benzene ring substituents is 1. The van der Waals surface area contributed by atoms with Crippen LogP contribution in [0.3, 0.4) is 0 Å². The Kier molecular flexibility index (Phi) is 8.12. The second-order valence-electron chi connectivity index (χ2n) is 8.28. The molecular weight excluding hydrogens is 511 g/mol. The van der Waals surface area contributed by atoms with Crippen molar-refractivity contribution in [2.24, 2.45) is 0 Å². The molecule has 0 fully saturated rings. The number of hydrogen-bond acceptors (Lipinski definition) is 7. The molecule has 0 spiro atoms. The fourth-order valence-electron chi connectivity index (χ4n) is 3.58. The van der Waals surface area contributed by atoms with E-state index in [0.717, 1.165) is 16.8 Å². The van der Waals surface area contributed by atoms with Gasteiger partial charge in [0.2, 0.25) is 5.91 Å². The van der Waals surface area contributed by atoms with Gasteiger partial charge in [0.15, 0.2) is 11.0 Å². The number of hydrogen-bond donors (Lipinski definition) is 2. The number of rotatable bonds is 9. The highest BCUT2D eigenvalue weighted by Gasteiger charge is 2.19. The maximum Gasteiger partial charge on any atom is 0.269 e. The summed E-state index contributed by atoms with van der Waals surface area (Å²) < 4.78 is 14.9. The molecule has 0 aliphatic heterocycles. The Morgan fingerprint density at radius 3 is 2.42 bits per heavy atom. The Balaban J connectivity index is 1.53. The van der Waals surface area contributed by atoms with Gasteiger partial charge in [0.05, 0.1) is 22.9 Å². The van der Waals surface area contributed by atoms with E-state index in [1.807, 2.05) is 32.0 Å².